The van der Waals surface area contributed by atoms with Gasteiger partial charge in [-0.1, -0.05) is 6.07 Å². The average Bonchev–Trinajstić information content (AvgIpc) is 2.10. The number of nitrogens with two attached hydrogens (primary N) is 1. The van der Waals surface area contributed by atoms with Gasteiger partial charge in [0.25, 0.3) is 5.91 Å². The van der Waals surface area contributed by atoms with Gasteiger partial charge >= 0.3 is 0 Å². The molecule has 0 unspecified atom stereocenters. The normalized spacial score (nSPS) is 10.0. The first kappa shape index (κ1) is 10.6. The Labute approximate surface area is 84.5 Å². The van der Waals surface area contributed by atoms with Gasteiger partial charge in [0.1, 0.15) is 0 Å². The van der Waals surface area contributed by atoms with Gasteiger partial charge in [0.05, 0.1) is 0 Å². The van der Waals surface area contributed by atoms with Crippen LogP contribution in [-0.2, 0) is 0 Å². The molecule has 0 aromatic heterocycles. The first-order valence-electron chi connectivity index (χ1n) is 4.52. The third kappa shape index (κ3) is 1.87. The average molecular weight is 192 g/mol. The van der Waals surface area contributed by atoms with Crippen molar-refractivity contribution in [2.75, 3.05) is 19.8 Å². The Morgan fingerprint density at radius 2 is 1.79 bits per heavy atom. The van der Waals surface area contributed by atoms with Crippen molar-refractivity contribution in [1.82, 2.24) is 4.90 Å². The minimum absolute atomic E-state index is 0.00537. The molecule has 3 heteroatoms. The van der Waals surface area contributed by atoms with Crippen molar-refractivity contribution in [2.45, 2.75) is 13.8 Å². The molecule has 0 spiro atoms. The zero-order valence-corrected chi connectivity index (χ0v) is 9.09. The number of anilines is 1. The SMILES string of the molecule is Cc1cc(C)c(C(=O)N(C)C)cc1N. The highest BCUT2D eigenvalue weighted by molar-refractivity contribution is 5.96. The topological polar surface area (TPSA) is 46.3 Å². The van der Waals surface area contributed by atoms with Crippen LogP contribution in [0.1, 0.15) is 21.5 Å². The molecule has 1 rings (SSSR count). The van der Waals surface area contributed by atoms with Gasteiger partial charge in [0.2, 0.25) is 0 Å². The fourth-order valence-electron chi connectivity index (χ4n) is 1.34. The first-order chi connectivity index (χ1) is 6.43. The molecule has 0 saturated heterocycles. The molecular weight excluding hydrogens is 176 g/mol. The Hall–Kier alpha value is -1.51. The molecular formula is C11H16N2O. The van der Waals surface area contributed by atoms with Crippen molar-refractivity contribution in [3.8, 4) is 0 Å². The van der Waals surface area contributed by atoms with Gasteiger partial charge in [0.15, 0.2) is 0 Å². The van der Waals surface area contributed by atoms with Gasteiger partial charge in [-0.05, 0) is 31.0 Å². The van der Waals surface area contributed by atoms with Crippen molar-refractivity contribution in [2.24, 2.45) is 0 Å². The summed E-state index contributed by atoms with van der Waals surface area (Å²) in [5, 5.41) is 0. The van der Waals surface area contributed by atoms with E-state index in [1.165, 1.54) is 0 Å². The van der Waals surface area contributed by atoms with Gasteiger partial charge in [-0.15, -0.1) is 0 Å². The van der Waals surface area contributed by atoms with Crippen LogP contribution in [0.3, 0.4) is 0 Å². The van der Waals surface area contributed by atoms with Crippen molar-refractivity contribution in [3.05, 3.63) is 28.8 Å². The monoisotopic (exact) mass is 192 g/mol. The number of carbonyl (C=O) groups is 1. The highest BCUT2D eigenvalue weighted by Crippen LogP contribution is 2.18. The Morgan fingerprint density at radius 1 is 1.21 bits per heavy atom. The number of hydrogen-bond acceptors (Lipinski definition) is 2. The van der Waals surface area contributed by atoms with Crippen LogP contribution in [0.4, 0.5) is 5.69 Å². The summed E-state index contributed by atoms with van der Waals surface area (Å²) in [5.41, 5.74) is 9.08. The number of hydrogen-bond donors (Lipinski definition) is 1. The van der Waals surface area contributed by atoms with Crippen molar-refractivity contribution < 1.29 is 4.79 Å². The number of nitrogens with zero attached hydrogens (tertiary/aromatic N) is 1. The Kier molecular flexibility index (Phi) is 2.79. The molecule has 0 bridgehead atoms. The molecule has 0 aliphatic rings. The minimum Gasteiger partial charge on any atom is -0.398 e. The van der Waals surface area contributed by atoms with Crippen LogP contribution in [0.5, 0.6) is 0 Å². The molecule has 0 radical (unpaired) electrons. The molecule has 1 aromatic rings. The lowest BCUT2D eigenvalue weighted by atomic mass is 10.0. The van der Waals surface area contributed by atoms with Crippen LogP contribution in [0, 0.1) is 13.8 Å². The number of amides is 1. The van der Waals surface area contributed by atoms with Gasteiger partial charge < -0.3 is 10.6 Å². The highest BCUT2D eigenvalue weighted by atomic mass is 16.2. The smallest absolute Gasteiger partial charge is 0.253 e. The quantitative estimate of drug-likeness (QED) is 0.687. The van der Waals surface area contributed by atoms with E-state index in [1.807, 2.05) is 19.9 Å². The maximum absolute atomic E-state index is 11.7. The molecule has 3 nitrogen and oxygen atoms in total. The standard InChI is InChI=1S/C11H16N2O/c1-7-5-8(2)10(12)6-9(7)11(14)13(3)4/h5-6H,12H2,1-4H3. The van der Waals surface area contributed by atoms with E-state index in [1.54, 1.807) is 25.1 Å². The summed E-state index contributed by atoms with van der Waals surface area (Å²) in [5.74, 6) is -0.00537. The molecule has 0 heterocycles. The predicted octanol–water partition coefficient (Wildman–Crippen LogP) is 1.59. The van der Waals surface area contributed by atoms with Crippen molar-refractivity contribution in [3.63, 3.8) is 0 Å². The van der Waals surface area contributed by atoms with Gasteiger partial charge in [-0.3, -0.25) is 4.79 Å². The summed E-state index contributed by atoms with van der Waals surface area (Å²) in [6, 6.07) is 3.68. The van der Waals surface area contributed by atoms with E-state index in [2.05, 4.69) is 0 Å². The Morgan fingerprint density at radius 3 is 2.29 bits per heavy atom. The minimum atomic E-state index is -0.00537. The van der Waals surface area contributed by atoms with Gasteiger partial charge in [0, 0.05) is 25.3 Å². The molecule has 0 saturated carbocycles. The summed E-state index contributed by atoms with van der Waals surface area (Å²) in [7, 11) is 3.47. The van der Waals surface area contributed by atoms with E-state index in [0.717, 1.165) is 11.1 Å². The van der Waals surface area contributed by atoms with Gasteiger partial charge in [-0.25, -0.2) is 0 Å². The van der Waals surface area contributed by atoms with Crippen molar-refractivity contribution in [1.29, 1.82) is 0 Å². The second-order valence-corrected chi connectivity index (χ2v) is 3.72. The molecule has 1 aromatic carbocycles. The van der Waals surface area contributed by atoms with Crippen LogP contribution in [-0.4, -0.2) is 24.9 Å². The Bertz CT molecular complexity index is 370. The van der Waals surface area contributed by atoms with Crippen LogP contribution < -0.4 is 5.73 Å². The molecule has 0 fully saturated rings. The lowest BCUT2D eigenvalue weighted by Gasteiger charge is -2.13. The third-order valence-corrected chi connectivity index (χ3v) is 2.25. The third-order valence-electron chi connectivity index (χ3n) is 2.25. The van der Waals surface area contributed by atoms with Crippen LogP contribution in [0.25, 0.3) is 0 Å². The molecule has 76 valence electrons. The van der Waals surface area contributed by atoms with E-state index in [4.69, 9.17) is 5.73 Å². The molecule has 2 N–H and O–H groups in total. The fourth-order valence-corrected chi connectivity index (χ4v) is 1.34. The predicted molar refractivity (Wildman–Crippen MR) is 58.3 cm³/mol. The summed E-state index contributed by atoms with van der Waals surface area (Å²) < 4.78 is 0. The molecule has 0 aliphatic heterocycles. The molecule has 0 atom stereocenters. The van der Waals surface area contributed by atoms with Crippen molar-refractivity contribution >= 4 is 11.6 Å². The van der Waals surface area contributed by atoms with E-state index >= 15 is 0 Å². The van der Waals surface area contributed by atoms with Gasteiger partial charge in [-0.2, -0.15) is 0 Å². The van der Waals surface area contributed by atoms with E-state index in [0.29, 0.717) is 11.3 Å². The second-order valence-electron chi connectivity index (χ2n) is 3.72. The zero-order valence-electron chi connectivity index (χ0n) is 9.09. The number of rotatable bonds is 1. The summed E-state index contributed by atoms with van der Waals surface area (Å²) in [6.07, 6.45) is 0. The van der Waals surface area contributed by atoms with Crippen LogP contribution >= 0.6 is 0 Å². The zero-order chi connectivity index (χ0) is 10.9. The maximum Gasteiger partial charge on any atom is 0.253 e. The summed E-state index contributed by atoms with van der Waals surface area (Å²) in [4.78, 5) is 13.3. The number of aryl methyl sites for hydroxylation is 2. The molecule has 0 aliphatic carbocycles. The molecule has 1 amide bonds. The lowest BCUT2D eigenvalue weighted by Crippen LogP contribution is -2.22. The largest absolute Gasteiger partial charge is 0.398 e. The van der Waals surface area contributed by atoms with E-state index in [-0.39, 0.29) is 5.91 Å². The first-order valence-corrected chi connectivity index (χ1v) is 4.52. The number of nitrogen functional groups attached to an aromatic ring is 1. The fraction of sp³-hybridized carbons (Fsp3) is 0.364. The number of carbonyl (C=O) groups excluding carboxylic acids is 1. The second kappa shape index (κ2) is 3.70. The molecule has 14 heavy (non-hydrogen) atoms. The van der Waals surface area contributed by atoms with E-state index < -0.39 is 0 Å². The number of benzene rings is 1. The Balaban J connectivity index is 3.22. The summed E-state index contributed by atoms with van der Waals surface area (Å²) in [6.45, 7) is 3.86. The summed E-state index contributed by atoms with van der Waals surface area (Å²) >= 11 is 0. The van der Waals surface area contributed by atoms with Crippen LogP contribution in [0.2, 0.25) is 0 Å². The van der Waals surface area contributed by atoms with Crippen LogP contribution in [0.15, 0.2) is 12.1 Å². The highest BCUT2D eigenvalue weighted by Gasteiger charge is 2.12. The lowest BCUT2D eigenvalue weighted by molar-refractivity contribution is 0.0827. The van der Waals surface area contributed by atoms with E-state index in [9.17, 15) is 4.79 Å². The maximum atomic E-state index is 11.7.